The van der Waals surface area contributed by atoms with E-state index >= 15 is 0 Å². The molecule has 0 N–H and O–H groups in total. The summed E-state index contributed by atoms with van der Waals surface area (Å²) < 4.78 is 25.4. The number of ether oxygens (including phenoxy) is 4. The number of benzene rings is 4. The minimum atomic E-state index is -0.914. The summed E-state index contributed by atoms with van der Waals surface area (Å²) in [6, 6.07) is 25.2. The SMILES string of the molecule is CCOC(=O)C1=C(c2ccccc2)N=c2s/c(=C\c3cc(Br)ccc3OCc3ccc([N+](=O)[O-])cc3)c(=O)n2[C@H]1c1ccc(OC)c(OC)c1. The van der Waals surface area contributed by atoms with Gasteiger partial charge < -0.3 is 18.9 Å². The summed E-state index contributed by atoms with van der Waals surface area (Å²) in [7, 11) is 3.05. The zero-order valence-corrected chi connectivity index (χ0v) is 29.5. The van der Waals surface area contributed by atoms with Crippen molar-refractivity contribution in [3.8, 4) is 17.2 Å². The van der Waals surface area contributed by atoms with E-state index in [9.17, 15) is 19.7 Å². The molecule has 0 saturated carbocycles. The van der Waals surface area contributed by atoms with E-state index in [1.807, 2.05) is 42.5 Å². The number of halogens is 1. The van der Waals surface area contributed by atoms with Crippen LogP contribution in [0.4, 0.5) is 5.69 Å². The normalized spacial score (nSPS) is 14.1. The number of nitro groups is 1. The van der Waals surface area contributed by atoms with Crippen LogP contribution in [0.15, 0.2) is 111 Å². The molecule has 6 rings (SSSR count). The van der Waals surface area contributed by atoms with Gasteiger partial charge in [-0.05, 0) is 66.6 Å². The van der Waals surface area contributed by atoms with E-state index in [1.165, 1.54) is 42.3 Å². The van der Waals surface area contributed by atoms with Gasteiger partial charge in [-0.3, -0.25) is 19.5 Å². The topological polar surface area (TPSA) is 131 Å². The highest BCUT2D eigenvalue weighted by atomic mass is 79.9. The van der Waals surface area contributed by atoms with Crippen LogP contribution in [-0.4, -0.2) is 36.3 Å². The van der Waals surface area contributed by atoms with Crippen molar-refractivity contribution < 1.29 is 28.7 Å². The summed E-state index contributed by atoms with van der Waals surface area (Å²) in [6.07, 6.45) is 1.72. The van der Waals surface area contributed by atoms with Gasteiger partial charge in [-0.2, -0.15) is 0 Å². The number of rotatable bonds is 11. The summed E-state index contributed by atoms with van der Waals surface area (Å²) in [4.78, 5) is 44.2. The lowest BCUT2D eigenvalue weighted by molar-refractivity contribution is -0.384. The van der Waals surface area contributed by atoms with Gasteiger partial charge in [0.15, 0.2) is 16.3 Å². The first-order valence-corrected chi connectivity index (χ1v) is 17.0. The molecule has 4 aromatic carbocycles. The minimum Gasteiger partial charge on any atom is -0.493 e. The van der Waals surface area contributed by atoms with Crippen molar-refractivity contribution in [1.29, 1.82) is 0 Å². The molecular weight excluding hydrogens is 726 g/mol. The summed E-state index contributed by atoms with van der Waals surface area (Å²) in [5.41, 5.74) is 2.85. The minimum absolute atomic E-state index is 0.0126. The molecule has 2 heterocycles. The predicted molar refractivity (Wildman–Crippen MR) is 192 cm³/mol. The second kappa shape index (κ2) is 14.9. The Labute approximate surface area is 298 Å². The molecule has 0 unspecified atom stereocenters. The van der Waals surface area contributed by atoms with Gasteiger partial charge in [-0.15, -0.1) is 0 Å². The summed E-state index contributed by atoms with van der Waals surface area (Å²) >= 11 is 4.71. The first kappa shape index (κ1) is 34.3. The average Bonchev–Trinajstić information content (AvgIpc) is 3.44. The molecule has 1 atom stereocenters. The molecule has 0 spiro atoms. The number of esters is 1. The number of nitrogens with zero attached hydrogens (tertiary/aromatic N) is 3. The highest BCUT2D eigenvalue weighted by Crippen LogP contribution is 2.38. The smallest absolute Gasteiger partial charge is 0.338 e. The van der Waals surface area contributed by atoms with E-state index in [0.29, 0.717) is 49.0 Å². The van der Waals surface area contributed by atoms with Crippen LogP contribution < -0.4 is 29.1 Å². The fourth-order valence-corrected chi connectivity index (χ4v) is 6.93. The Hall–Kier alpha value is -5.53. The largest absolute Gasteiger partial charge is 0.493 e. The zero-order valence-electron chi connectivity index (χ0n) is 27.1. The number of aromatic nitrogens is 1. The Kier molecular flexibility index (Phi) is 10.3. The van der Waals surface area contributed by atoms with Crippen molar-refractivity contribution in [2.75, 3.05) is 20.8 Å². The van der Waals surface area contributed by atoms with Crippen molar-refractivity contribution in [3.05, 3.63) is 153 Å². The molecule has 0 bridgehead atoms. The fourth-order valence-electron chi connectivity index (χ4n) is 5.56. The van der Waals surface area contributed by atoms with Gasteiger partial charge in [0.1, 0.15) is 12.4 Å². The van der Waals surface area contributed by atoms with Crippen LogP contribution in [0.3, 0.4) is 0 Å². The summed E-state index contributed by atoms with van der Waals surface area (Å²) in [5, 5.41) is 11.1. The third kappa shape index (κ3) is 6.96. The van der Waals surface area contributed by atoms with Crippen LogP contribution in [-0.2, 0) is 16.1 Å². The van der Waals surface area contributed by atoms with E-state index in [4.69, 9.17) is 23.9 Å². The van der Waals surface area contributed by atoms with Crippen LogP contribution in [0.5, 0.6) is 17.2 Å². The van der Waals surface area contributed by atoms with Crippen LogP contribution in [0.2, 0.25) is 0 Å². The number of methoxy groups -OCH3 is 2. The van der Waals surface area contributed by atoms with Gasteiger partial charge in [0.25, 0.3) is 11.2 Å². The van der Waals surface area contributed by atoms with Crippen LogP contribution in [0.25, 0.3) is 11.8 Å². The van der Waals surface area contributed by atoms with E-state index in [1.54, 1.807) is 49.4 Å². The molecule has 0 saturated heterocycles. The second-order valence-corrected chi connectivity index (χ2v) is 12.9. The van der Waals surface area contributed by atoms with Gasteiger partial charge in [0.05, 0.1) is 47.6 Å². The van der Waals surface area contributed by atoms with E-state index in [0.717, 1.165) is 10.0 Å². The third-order valence-corrected chi connectivity index (χ3v) is 9.37. The molecule has 1 aromatic heterocycles. The maximum atomic E-state index is 14.5. The predicted octanol–water partition coefficient (Wildman–Crippen LogP) is 6.20. The highest BCUT2D eigenvalue weighted by molar-refractivity contribution is 9.10. The van der Waals surface area contributed by atoms with E-state index < -0.39 is 16.9 Å². The Balaban J connectivity index is 1.52. The standard InChI is InChI=1S/C37H30BrN3O8S/c1-4-48-36(43)32-33(23-8-6-5-7-9-23)39-37-40(34(32)24-12-16-29(46-2)30(19-24)47-3)35(42)31(50-37)20-25-18-26(38)13-17-28(25)49-21-22-10-14-27(15-11-22)41(44)45/h5-20,34H,4,21H2,1-3H3/b31-20-/t34-/m0/s1. The lowest BCUT2D eigenvalue weighted by Crippen LogP contribution is -2.40. The molecule has 50 heavy (non-hydrogen) atoms. The Bertz CT molecular complexity index is 2300. The Morgan fingerprint density at radius 3 is 2.38 bits per heavy atom. The van der Waals surface area contributed by atoms with Crippen LogP contribution in [0, 0.1) is 10.1 Å². The first-order chi connectivity index (χ1) is 24.2. The molecule has 11 nitrogen and oxygen atoms in total. The lowest BCUT2D eigenvalue weighted by atomic mass is 9.93. The molecule has 13 heteroatoms. The molecule has 1 aliphatic rings. The molecule has 0 aliphatic carbocycles. The molecular formula is C37H30BrN3O8S. The van der Waals surface area contributed by atoms with Gasteiger partial charge in [0, 0.05) is 27.7 Å². The van der Waals surface area contributed by atoms with Crippen molar-refractivity contribution >= 4 is 50.7 Å². The van der Waals surface area contributed by atoms with Crippen molar-refractivity contribution in [2.24, 2.45) is 4.99 Å². The molecule has 0 radical (unpaired) electrons. The number of thiazole rings is 1. The first-order valence-electron chi connectivity index (χ1n) is 15.4. The van der Waals surface area contributed by atoms with Gasteiger partial charge in [-0.25, -0.2) is 9.79 Å². The van der Waals surface area contributed by atoms with Gasteiger partial charge in [0.2, 0.25) is 0 Å². The second-order valence-electron chi connectivity index (χ2n) is 10.9. The lowest BCUT2D eigenvalue weighted by Gasteiger charge is -2.26. The maximum absolute atomic E-state index is 14.5. The number of fused-ring (bicyclic) bond motifs is 1. The van der Waals surface area contributed by atoms with E-state index in [2.05, 4.69) is 15.9 Å². The quantitative estimate of drug-likeness (QED) is 0.0885. The van der Waals surface area contributed by atoms with Gasteiger partial charge in [-0.1, -0.05) is 63.7 Å². The van der Waals surface area contributed by atoms with Gasteiger partial charge >= 0.3 is 5.97 Å². The number of hydrogen-bond acceptors (Lipinski definition) is 10. The molecule has 1 aliphatic heterocycles. The molecule has 254 valence electrons. The van der Waals surface area contributed by atoms with Crippen molar-refractivity contribution in [3.63, 3.8) is 0 Å². The summed E-state index contributed by atoms with van der Waals surface area (Å²) in [6.45, 7) is 1.99. The molecule has 0 fully saturated rings. The fraction of sp³-hybridized carbons (Fsp3) is 0.162. The Morgan fingerprint density at radius 1 is 0.980 bits per heavy atom. The number of hydrogen-bond donors (Lipinski definition) is 0. The van der Waals surface area contributed by atoms with E-state index in [-0.39, 0.29) is 30.0 Å². The third-order valence-electron chi connectivity index (χ3n) is 7.90. The monoisotopic (exact) mass is 755 g/mol. The van der Waals surface area contributed by atoms with Crippen LogP contribution >= 0.6 is 27.3 Å². The molecule has 5 aromatic rings. The number of non-ortho nitro benzene ring substituents is 1. The highest BCUT2D eigenvalue weighted by Gasteiger charge is 2.35. The van der Waals surface area contributed by atoms with Crippen molar-refractivity contribution in [1.82, 2.24) is 4.57 Å². The number of carbonyl (C=O) groups excluding carboxylic acids is 1. The maximum Gasteiger partial charge on any atom is 0.338 e. The Morgan fingerprint density at radius 2 is 1.70 bits per heavy atom. The molecule has 0 amide bonds. The van der Waals surface area contributed by atoms with Crippen molar-refractivity contribution in [2.45, 2.75) is 19.6 Å². The average molecular weight is 757 g/mol. The summed E-state index contributed by atoms with van der Waals surface area (Å²) in [5.74, 6) is 0.811. The number of nitro benzene ring substituents is 1. The zero-order chi connectivity index (χ0) is 35.4. The van der Waals surface area contributed by atoms with Crippen LogP contribution in [0.1, 0.15) is 35.2 Å². The number of carbonyl (C=O) groups is 1.